The van der Waals surface area contributed by atoms with Crippen LogP contribution in [0.5, 0.6) is 0 Å². The number of hydrogen-bond donors (Lipinski definition) is 0. The quantitative estimate of drug-likeness (QED) is 0.833. The minimum absolute atomic E-state index is 0.152. The van der Waals surface area contributed by atoms with Gasteiger partial charge in [0.25, 0.3) is 0 Å². The summed E-state index contributed by atoms with van der Waals surface area (Å²) in [5.74, 6) is 0.152. The van der Waals surface area contributed by atoms with E-state index in [0.29, 0.717) is 11.6 Å². The first-order valence-electron chi connectivity index (χ1n) is 6.31. The molecule has 0 N–H and O–H groups in total. The molecule has 0 saturated carbocycles. The molecule has 2 aromatic rings. The van der Waals surface area contributed by atoms with Gasteiger partial charge in [0.1, 0.15) is 0 Å². The maximum Gasteiger partial charge on any atom is 0.177 e. The highest BCUT2D eigenvalue weighted by Crippen LogP contribution is 2.26. The molecule has 0 saturated heterocycles. The second-order valence-corrected chi connectivity index (χ2v) is 5.23. The second kappa shape index (κ2) is 5.16. The van der Waals surface area contributed by atoms with Crippen LogP contribution in [-0.4, -0.2) is 17.2 Å². The molecule has 3 heteroatoms. The van der Waals surface area contributed by atoms with Crippen molar-refractivity contribution in [3.63, 3.8) is 0 Å². The molecule has 0 unspecified atom stereocenters. The van der Waals surface area contributed by atoms with Gasteiger partial charge >= 0.3 is 0 Å². The highest BCUT2D eigenvalue weighted by atomic mass is 35.5. The average Bonchev–Trinajstić information content (AvgIpc) is 2.41. The van der Waals surface area contributed by atoms with Crippen molar-refractivity contribution in [3.8, 4) is 0 Å². The summed E-state index contributed by atoms with van der Waals surface area (Å²) in [7, 11) is 0. The third kappa shape index (κ3) is 2.55. The fourth-order valence-corrected chi connectivity index (χ4v) is 2.74. The summed E-state index contributed by atoms with van der Waals surface area (Å²) < 4.78 is 0. The van der Waals surface area contributed by atoms with Gasteiger partial charge < -0.3 is 0 Å². The number of fused-ring (bicyclic) bond motifs is 1. The Bertz CT molecular complexity index is 609. The summed E-state index contributed by atoms with van der Waals surface area (Å²) in [4.78, 5) is 14.3. The minimum Gasteiger partial charge on any atom is -0.293 e. The molecule has 0 radical (unpaired) electrons. The van der Waals surface area contributed by atoms with Crippen molar-refractivity contribution in [3.05, 3.63) is 70.2 Å². The number of carbonyl (C=O) groups is 1. The average molecular weight is 272 g/mol. The first-order chi connectivity index (χ1) is 9.24. The summed E-state index contributed by atoms with van der Waals surface area (Å²) in [5.41, 5.74) is 2.94. The number of Topliss-reactive ketones (excluding diaryl/α,β-unsaturated/α-hetero) is 1. The van der Waals surface area contributed by atoms with E-state index < -0.39 is 0 Å². The summed E-state index contributed by atoms with van der Waals surface area (Å²) in [5, 5.41) is 0.684. The van der Waals surface area contributed by atoms with E-state index in [1.807, 2.05) is 36.4 Å². The number of rotatable bonds is 2. The summed E-state index contributed by atoms with van der Waals surface area (Å²) in [6.07, 6.45) is 0. The normalized spacial score (nSPS) is 15.3. The lowest BCUT2D eigenvalue weighted by atomic mass is 9.98. The zero-order chi connectivity index (χ0) is 13.2. The van der Waals surface area contributed by atoms with E-state index in [9.17, 15) is 4.79 Å². The molecule has 0 spiro atoms. The van der Waals surface area contributed by atoms with Gasteiger partial charge in [0.2, 0.25) is 0 Å². The lowest BCUT2D eigenvalue weighted by molar-refractivity contribution is 0.0894. The van der Waals surface area contributed by atoms with E-state index in [-0.39, 0.29) is 5.78 Å². The molecule has 2 nitrogen and oxygen atoms in total. The molecule has 0 aromatic heterocycles. The lowest BCUT2D eigenvalue weighted by Gasteiger charge is -2.28. The van der Waals surface area contributed by atoms with Crippen LogP contribution in [0.3, 0.4) is 0 Å². The first kappa shape index (κ1) is 12.4. The Balaban J connectivity index is 1.85. The summed E-state index contributed by atoms with van der Waals surface area (Å²) >= 11 is 6.20. The molecule has 1 heterocycles. The predicted octanol–water partition coefficient (Wildman–Crippen LogP) is 3.54. The fourth-order valence-electron chi connectivity index (χ4n) is 2.50. The van der Waals surface area contributed by atoms with Crippen LogP contribution in [-0.2, 0) is 13.1 Å². The van der Waals surface area contributed by atoms with E-state index in [4.69, 9.17) is 11.6 Å². The van der Waals surface area contributed by atoms with E-state index in [0.717, 1.165) is 24.2 Å². The van der Waals surface area contributed by atoms with Crippen LogP contribution in [0.4, 0.5) is 0 Å². The molecule has 3 rings (SSSR count). The fraction of sp³-hybridized carbons (Fsp3) is 0.188. The number of hydrogen-bond acceptors (Lipinski definition) is 2. The standard InChI is InChI=1S/C16H14ClNO/c17-15-8-4-7-13-14(15)10-18(11-16(13)19)9-12-5-2-1-3-6-12/h1-8H,9-11H2. The molecule has 2 aromatic carbocycles. The van der Waals surface area contributed by atoms with Crippen LogP contribution >= 0.6 is 11.6 Å². The number of benzene rings is 2. The summed E-state index contributed by atoms with van der Waals surface area (Å²) in [6.45, 7) is 1.97. The van der Waals surface area contributed by atoms with Crippen LogP contribution in [0, 0.1) is 0 Å². The van der Waals surface area contributed by atoms with Crippen molar-refractivity contribution in [1.29, 1.82) is 0 Å². The zero-order valence-electron chi connectivity index (χ0n) is 10.5. The number of nitrogens with zero attached hydrogens (tertiary/aromatic N) is 1. The van der Waals surface area contributed by atoms with Gasteiger partial charge in [-0.25, -0.2) is 0 Å². The third-order valence-corrected chi connectivity index (χ3v) is 3.77. The molecule has 1 aliphatic rings. The third-order valence-electron chi connectivity index (χ3n) is 3.42. The van der Waals surface area contributed by atoms with Gasteiger partial charge in [-0.3, -0.25) is 9.69 Å². The highest BCUT2D eigenvalue weighted by molar-refractivity contribution is 6.32. The molecule has 0 atom stereocenters. The maximum atomic E-state index is 12.1. The van der Waals surface area contributed by atoms with Crippen molar-refractivity contribution in [2.75, 3.05) is 6.54 Å². The van der Waals surface area contributed by atoms with Crippen LogP contribution in [0.15, 0.2) is 48.5 Å². The van der Waals surface area contributed by atoms with E-state index in [1.54, 1.807) is 0 Å². The van der Waals surface area contributed by atoms with Crippen LogP contribution in [0.1, 0.15) is 21.5 Å². The van der Waals surface area contributed by atoms with E-state index >= 15 is 0 Å². The summed E-state index contributed by atoms with van der Waals surface area (Å²) in [6, 6.07) is 15.7. The molecule has 96 valence electrons. The monoisotopic (exact) mass is 271 g/mol. The van der Waals surface area contributed by atoms with E-state index in [1.165, 1.54) is 5.56 Å². The largest absolute Gasteiger partial charge is 0.293 e. The van der Waals surface area contributed by atoms with Crippen molar-refractivity contribution in [1.82, 2.24) is 4.90 Å². The van der Waals surface area contributed by atoms with Gasteiger partial charge in [0.05, 0.1) is 6.54 Å². The van der Waals surface area contributed by atoms with Crippen molar-refractivity contribution < 1.29 is 4.79 Å². The second-order valence-electron chi connectivity index (χ2n) is 4.82. The van der Waals surface area contributed by atoms with Crippen molar-refractivity contribution in [2.24, 2.45) is 0 Å². The minimum atomic E-state index is 0.152. The highest BCUT2D eigenvalue weighted by Gasteiger charge is 2.24. The predicted molar refractivity (Wildman–Crippen MR) is 76.3 cm³/mol. The molecule has 0 amide bonds. The molecule has 0 aliphatic carbocycles. The Kier molecular flexibility index (Phi) is 3.36. The zero-order valence-corrected chi connectivity index (χ0v) is 11.2. The van der Waals surface area contributed by atoms with E-state index in [2.05, 4.69) is 17.0 Å². The van der Waals surface area contributed by atoms with Gasteiger partial charge in [-0.15, -0.1) is 0 Å². The van der Waals surface area contributed by atoms with Crippen molar-refractivity contribution in [2.45, 2.75) is 13.1 Å². The van der Waals surface area contributed by atoms with Gasteiger partial charge in [-0.05, 0) is 17.2 Å². The smallest absolute Gasteiger partial charge is 0.177 e. The van der Waals surface area contributed by atoms with Gasteiger partial charge in [0, 0.05) is 23.7 Å². The van der Waals surface area contributed by atoms with Crippen LogP contribution < -0.4 is 0 Å². The van der Waals surface area contributed by atoms with Gasteiger partial charge in [-0.2, -0.15) is 0 Å². The van der Waals surface area contributed by atoms with Crippen LogP contribution in [0.2, 0.25) is 5.02 Å². The topological polar surface area (TPSA) is 20.3 Å². The first-order valence-corrected chi connectivity index (χ1v) is 6.69. The Morgan fingerprint density at radius 3 is 2.58 bits per heavy atom. The van der Waals surface area contributed by atoms with Gasteiger partial charge in [-0.1, -0.05) is 54.1 Å². The molecule has 0 fully saturated rings. The molecular weight excluding hydrogens is 258 g/mol. The Morgan fingerprint density at radius 1 is 1.00 bits per heavy atom. The Labute approximate surface area is 117 Å². The molecule has 0 bridgehead atoms. The van der Waals surface area contributed by atoms with Crippen LogP contribution in [0.25, 0.3) is 0 Å². The van der Waals surface area contributed by atoms with Crippen molar-refractivity contribution >= 4 is 17.4 Å². The molecule has 19 heavy (non-hydrogen) atoms. The van der Waals surface area contributed by atoms with Gasteiger partial charge in [0.15, 0.2) is 5.78 Å². The molecule has 1 aliphatic heterocycles. The Morgan fingerprint density at radius 2 is 1.79 bits per heavy atom. The number of ketones is 1. The lowest BCUT2D eigenvalue weighted by Crippen LogP contribution is -2.34. The SMILES string of the molecule is O=C1CN(Cc2ccccc2)Cc2c(Cl)cccc21. The number of carbonyl (C=O) groups excluding carboxylic acids is 1. The Hall–Kier alpha value is -1.64. The molecular formula is C16H14ClNO. The number of halogens is 1. The maximum absolute atomic E-state index is 12.1.